The number of rotatable bonds is 41. The van der Waals surface area contributed by atoms with E-state index in [2.05, 4.69) is 79.4 Å². The summed E-state index contributed by atoms with van der Waals surface area (Å²) < 4.78 is 0. The van der Waals surface area contributed by atoms with Crippen LogP contribution in [0.3, 0.4) is 0 Å². The number of primary amides is 1. The summed E-state index contributed by atoms with van der Waals surface area (Å²) in [6.07, 6.45) is 3.34. The van der Waals surface area contributed by atoms with Crippen LogP contribution in [0.15, 0.2) is 140 Å². The molecule has 0 bridgehead atoms. The molecule has 0 aliphatic carbocycles. The number of likely N-dealkylation sites (tertiary alicyclic amines) is 1. The number of carbonyl (C=O) groups is 14. The number of hydrogen-bond acceptors (Lipinski definition) is 18. The third kappa shape index (κ3) is 28.3. The minimum atomic E-state index is -1.91. The van der Waals surface area contributed by atoms with Gasteiger partial charge in [0.1, 0.15) is 60.4 Å². The van der Waals surface area contributed by atoms with Crippen molar-refractivity contribution in [3.8, 4) is 0 Å². The number of hydrogen-bond donors (Lipinski definition) is 17. The average Bonchev–Trinajstić information content (AvgIpc) is 1.36. The standard InChI is InChI=1S/C82H104ClN17O16/c1-46(2)35-61(72(106)91-60(16-9-10-33-86-47(3)4)80(114)100-34-12-17-69(100)79(113)87-48(5)44-101)92-74(108)64(38-52-23-30-59(31-24-52)90-81(84)115)94-76(110)65(39-51-21-28-58(29-22-51)89-71(105)67-42-70(104)99-82(116)98-67)96-78(112)68(45-102)97-77(111)66(41-54-13-11-32-85-43-54)95-75(109)63(37-50-19-26-57(83)27-20-50)93-73(107)62(88-49(6)103)40-53-18-25-55-14-7-8-15-56(55)36-53/h7-8,11,13-15,18-32,36,43,46-48,60-69,86,101-102H,9-10,12,16-17,33-35,37-42,44-45H2,1-6H3,(H,87,113)(H,88,103)(H,89,105)(H,91,106)(H,92,108)(H,93,107)(H,94,110)(H,95,109)(H,96,112)(H,97,111)(H3,84,90,115)(H2,98,99,104,116)/t48-,60+,61+,62-,63-,64-,65+,66-,67+,68+,69+/m1/s1. The number of aliphatic hydroxyl groups excluding tert-OH is 2. The number of anilines is 2. The van der Waals surface area contributed by atoms with E-state index >= 15 is 9.59 Å². The quantitative estimate of drug-likeness (QED) is 0.0244. The highest BCUT2D eigenvalue weighted by Crippen LogP contribution is 2.24. The number of urea groups is 2. The Morgan fingerprint density at radius 1 is 0.534 bits per heavy atom. The van der Waals surface area contributed by atoms with Gasteiger partial charge >= 0.3 is 12.1 Å². The normalized spacial score (nSPS) is 16.2. The van der Waals surface area contributed by atoms with Crippen LogP contribution in [0, 0.1) is 5.92 Å². The maximum Gasteiger partial charge on any atom is 0.322 e. The van der Waals surface area contributed by atoms with Crippen LogP contribution in [0.4, 0.5) is 21.0 Å². The van der Waals surface area contributed by atoms with E-state index in [0.717, 1.165) is 10.8 Å². The number of aromatic nitrogens is 1. The second-order valence-electron chi connectivity index (χ2n) is 29.7. The van der Waals surface area contributed by atoms with Crippen LogP contribution in [0.25, 0.3) is 10.8 Å². The molecule has 5 aromatic carbocycles. The number of aliphatic hydroxyl groups is 2. The summed E-state index contributed by atoms with van der Waals surface area (Å²) in [4.78, 5) is 201. The molecule has 11 atom stereocenters. The fraction of sp³-hybridized carbons (Fsp3) is 0.427. The highest BCUT2D eigenvalue weighted by molar-refractivity contribution is 6.30. The fourth-order valence-corrected chi connectivity index (χ4v) is 13.5. The lowest BCUT2D eigenvalue weighted by atomic mass is 9.99. The van der Waals surface area contributed by atoms with E-state index in [-0.39, 0.29) is 81.4 Å². The summed E-state index contributed by atoms with van der Waals surface area (Å²) in [5.74, 6) is -9.88. The molecule has 18 N–H and O–H groups in total. The minimum absolute atomic E-state index is 0.00619. The molecule has 620 valence electrons. The van der Waals surface area contributed by atoms with E-state index < -0.39 is 162 Å². The largest absolute Gasteiger partial charge is 0.394 e. The predicted molar refractivity (Wildman–Crippen MR) is 432 cm³/mol. The number of carbonyl (C=O) groups excluding carboxylic acids is 14. The van der Waals surface area contributed by atoms with Crippen LogP contribution < -0.4 is 80.2 Å². The van der Waals surface area contributed by atoms with Gasteiger partial charge in [0.25, 0.3) is 0 Å². The van der Waals surface area contributed by atoms with Crippen LogP contribution in [0.1, 0.15) is 114 Å². The van der Waals surface area contributed by atoms with Crippen molar-refractivity contribution < 1.29 is 77.3 Å². The maximum absolute atomic E-state index is 15.5. The predicted octanol–water partition coefficient (Wildman–Crippen LogP) is 2.02. The summed E-state index contributed by atoms with van der Waals surface area (Å²) in [6, 6.07) is 18.1. The number of fused-ring (bicyclic) bond motifs is 1. The Hall–Kier alpha value is -11.9. The van der Waals surface area contributed by atoms with Crippen LogP contribution in [-0.2, 0) is 89.6 Å². The fourth-order valence-electron chi connectivity index (χ4n) is 13.4. The molecule has 6 aromatic rings. The van der Waals surface area contributed by atoms with E-state index in [1.807, 2.05) is 56.3 Å². The topological polar surface area (TPSA) is 490 Å². The lowest BCUT2D eigenvalue weighted by Crippen LogP contribution is -2.62. The smallest absolute Gasteiger partial charge is 0.322 e. The van der Waals surface area contributed by atoms with Gasteiger partial charge in [0.15, 0.2) is 0 Å². The molecule has 3 heterocycles. The van der Waals surface area contributed by atoms with Crippen molar-refractivity contribution in [2.75, 3.05) is 36.9 Å². The number of benzene rings is 5. The van der Waals surface area contributed by atoms with E-state index in [0.29, 0.717) is 65.1 Å². The molecule has 0 unspecified atom stereocenters. The Labute approximate surface area is 676 Å². The number of halogens is 1. The molecule has 2 saturated heterocycles. The third-order valence-corrected chi connectivity index (χ3v) is 19.6. The molecule has 116 heavy (non-hydrogen) atoms. The van der Waals surface area contributed by atoms with Gasteiger partial charge in [-0.2, -0.15) is 0 Å². The number of imide groups is 1. The van der Waals surface area contributed by atoms with Crippen LogP contribution in [0.5, 0.6) is 0 Å². The van der Waals surface area contributed by atoms with Crippen LogP contribution in [0.2, 0.25) is 5.02 Å². The van der Waals surface area contributed by atoms with Gasteiger partial charge < -0.3 is 90.0 Å². The highest BCUT2D eigenvalue weighted by Gasteiger charge is 2.41. The van der Waals surface area contributed by atoms with Crippen molar-refractivity contribution in [3.63, 3.8) is 0 Å². The molecular formula is C82H104ClN17O16. The van der Waals surface area contributed by atoms with Crippen molar-refractivity contribution in [2.24, 2.45) is 11.7 Å². The molecule has 34 heteroatoms. The first kappa shape index (κ1) is 89.6. The van der Waals surface area contributed by atoms with Gasteiger partial charge in [-0.15, -0.1) is 0 Å². The summed E-state index contributed by atoms with van der Waals surface area (Å²) in [6.45, 7) is 9.75. The van der Waals surface area contributed by atoms with Gasteiger partial charge in [-0.25, -0.2) is 9.59 Å². The summed E-state index contributed by atoms with van der Waals surface area (Å²) in [5, 5.41) is 60.4. The minimum Gasteiger partial charge on any atom is -0.394 e. The number of nitrogens with one attached hydrogen (secondary N) is 14. The number of nitrogens with two attached hydrogens (primary N) is 1. The molecule has 1 aromatic heterocycles. The molecule has 8 rings (SSSR count). The Balaban J connectivity index is 1.10. The second-order valence-corrected chi connectivity index (χ2v) is 30.2. The van der Waals surface area contributed by atoms with Crippen LogP contribution in [-0.4, -0.2) is 202 Å². The Morgan fingerprint density at radius 3 is 1.54 bits per heavy atom. The SMILES string of the molecule is CC(=O)N[C@H](Cc1ccc2ccccc2c1)C(=O)N[C@H](Cc1ccc(Cl)cc1)C(=O)N[C@H](Cc1cccnc1)C(=O)N[C@@H](CO)C(=O)N[C@@H](Cc1ccc(NC(=O)[C@@H]2CC(=O)NC(=O)N2)cc1)C(=O)N[C@H](Cc1ccc(NC(N)=O)cc1)C(=O)N[C@@H](CC(C)C)C(=O)N[C@@H](CCCCNC(C)C)C(=O)N1CCC[C@H]1C(=O)N[C@H](C)CO. The Morgan fingerprint density at radius 2 is 1.03 bits per heavy atom. The molecule has 2 fully saturated rings. The molecule has 0 saturated carbocycles. The number of pyridine rings is 1. The lowest BCUT2D eigenvalue weighted by Gasteiger charge is -2.31. The van der Waals surface area contributed by atoms with E-state index in [1.165, 1.54) is 72.7 Å². The maximum atomic E-state index is 15.5. The van der Waals surface area contributed by atoms with Crippen LogP contribution >= 0.6 is 11.6 Å². The van der Waals surface area contributed by atoms with Crippen molar-refractivity contribution in [3.05, 3.63) is 173 Å². The molecule has 2 aliphatic heterocycles. The molecule has 16 amide bonds. The number of unbranched alkanes of at least 4 members (excludes halogenated alkanes) is 1. The average molecular weight is 1620 g/mol. The highest BCUT2D eigenvalue weighted by atomic mass is 35.5. The second kappa shape index (κ2) is 44.1. The van der Waals surface area contributed by atoms with Gasteiger partial charge in [-0.1, -0.05) is 124 Å². The zero-order valence-electron chi connectivity index (χ0n) is 65.6. The third-order valence-electron chi connectivity index (χ3n) is 19.3. The number of nitrogens with zero attached hydrogens (tertiary/aromatic N) is 2. The number of amides is 16. The Bertz CT molecular complexity index is 4430. The molecule has 33 nitrogen and oxygen atoms in total. The van der Waals surface area contributed by atoms with Gasteiger partial charge in [-0.3, -0.25) is 67.8 Å². The summed E-state index contributed by atoms with van der Waals surface area (Å²) >= 11 is 6.27. The van der Waals surface area contributed by atoms with Gasteiger partial charge in [0, 0.05) is 86.4 Å². The van der Waals surface area contributed by atoms with Gasteiger partial charge in [0.2, 0.25) is 70.9 Å². The summed E-state index contributed by atoms with van der Waals surface area (Å²) in [5.41, 5.74) is 8.15. The first-order valence-corrected chi connectivity index (χ1v) is 39.0. The monoisotopic (exact) mass is 1620 g/mol. The molecule has 0 spiro atoms. The van der Waals surface area contributed by atoms with Crippen molar-refractivity contribution in [1.29, 1.82) is 0 Å². The van der Waals surface area contributed by atoms with Crippen molar-refractivity contribution >= 4 is 117 Å². The zero-order chi connectivity index (χ0) is 84.1. The molecule has 0 radical (unpaired) electrons. The van der Waals surface area contributed by atoms with E-state index in [1.54, 1.807) is 57.2 Å². The molecule has 2 aliphatic rings. The first-order chi connectivity index (χ1) is 55.4. The van der Waals surface area contributed by atoms with Crippen molar-refractivity contribution in [1.82, 2.24) is 73.7 Å². The first-order valence-electron chi connectivity index (χ1n) is 38.6. The Kier molecular flexibility index (Phi) is 34.0. The van der Waals surface area contributed by atoms with E-state index in [4.69, 9.17) is 17.3 Å². The zero-order valence-corrected chi connectivity index (χ0v) is 66.3. The lowest BCUT2D eigenvalue weighted by molar-refractivity contribution is -0.142. The van der Waals surface area contributed by atoms with E-state index in [9.17, 15) is 67.7 Å². The molecular weight excluding hydrogens is 1510 g/mol. The van der Waals surface area contributed by atoms with Gasteiger partial charge in [0.05, 0.1) is 19.6 Å². The van der Waals surface area contributed by atoms with Gasteiger partial charge in [-0.05, 0) is 139 Å². The summed E-state index contributed by atoms with van der Waals surface area (Å²) in [7, 11) is 0. The van der Waals surface area contributed by atoms with Crippen molar-refractivity contribution in [2.45, 2.75) is 191 Å².